The molecule has 19 heavy (non-hydrogen) atoms. The van der Waals surface area contributed by atoms with E-state index in [0.29, 0.717) is 19.6 Å². The highest BCUT2D eigenvalue weighted by molar-refractivity contribution is 5.69. The molecule has 0 saturated heterocycles. The number of nitrogens with zero attached hydrogens (tertiary/aromatic N) is 1. The molecule has 5 nitrogen and oxygen atoms in total. The number of rotatable bonds is 5. The first-order valence-electron chi connectivity index (χ1n) is 6.38. The van der Waals surface area contributed by atoms with E-state index in [-0.39, 0.29) is 5.97 Å². The number of anilines is 1. The minimum Gasteiger partial charge on any atom is -0.486 e. The van der Waals surface area contributed by atoms with Crippen LogP contribution in [0.2, 0.25) is 0 Å². The van der Waals surface area contributed by atoms with Gasteiger partial charge in [0.2, 0.25) is 0 Å². The van der Waals surface area contributed by atoms with Crippen molar-refractivity contribution in [1.29, 1.82) is 0 Å². The monoisotopic (exact) mass is 265 g/mol. The predicted octanol–water partition coefficient (Wildman–Crippen LogP) is 1.85. The lowest BCUT2D eigenvalue weighted by atomic mass is 10.2. The Morgan fingerprint density at radius 2 is 2.05 bits per heavy atom. The van der Waals surface area contributed by atoms with Crippen molar-refractivity contribution < 1.29 is 19.0 Å². The number of ether oxygens (including phenoxy) is 3. The number of benzene rings is 1. The fourth-order valence-electron chi connectivity index (χ4n) is 1.96. The van der Waals surface area contributed by atoms with E-state index in [4.69, 9.17) is 9.47 Å². The van der Waals surface area contributed by atoms with Crippen molar-refractivity contribution in [2.75, 3.05) is 38.8 Å². The van der Waals surface area contributed by atoms with Gasteiger partial charge in [-0.2, -0.15) is 0 Å². The Kier molecular flexibility index (Phi) is 4.49. The predicted molar refractivity (Wildman–Crippen MR) is 72.0 cm³/mol. The molecule has 0 spiro atoms. The van der Waals surface area contributed by atoms with Gasteiger partial charge in [-0.15, -0.1) is 0 Å². The average molecular weight is 265 g/mol. The van der Waals surface area contributed by atoms with E-state index < -0.39 is 0 Å². The highest BCUT2D eigenvalue weighted by Gasteiger charge is 2.13. The summed E-state index contributed by atoms with van der Waals surface area (Å²) in [6, 6.07) is 5.87. The molecule has 0 aromatic heterocycles. The van der Waals surface area contributed by atoms with E-state index in [1.165, 1.54) is 7.11 Å². The molecule has 1 aromatic rings. The second kappa shape index (κ2) is 6.31. The molecule has 1 aliphatic rings. The van der Waals surface area contributed by atoms with Crippen LogP contribution in [-0.4, -0.2) is 39.9 Å². The first-order chi connectivity index (χ1) is 9.20. The number of carbonyl (C=O) groups is 1. The molecule has 0 aliphatic carbocycles. The summed E-state index contributed by atoms with van der Waals surface area (Å²) in [5.41, 5.74) is 1.05. The summed E-state index contributed by atoms with van der Waals surface area (Å²) < 4.78 is 15.6. The van der Waals surface area contributed by atoms with E-state index in [1.807, 2.05) is 25.2 Å². The standard InChI is InChI=1S/C14H19NO4/c1-15(7-3-4-14(16)17-2)11-5-6-12-13(10-11)19-9-8-18-12/h5-6,10H,3-4,7-9H2,1-2H3. The van der Waals surface area contributed by atoms with Gasteiger partial charge >= 0.3 is 5.97 Å². The Morgan fingerprint density at radius 1 is 1.32 bits per heavy atom. The SMILES string of the molecule is COC(=O)CCCN(C)c1ccc2c(c1)OCCO2. The summed E-state index contributed by atoms with van der Waals surface area (Å²) in [5.74, 6) is 1.40. The Labute approximate surface area is 113 Å². The second-order valence-corrected chi connectivity index (χ2v) is 4.43. The second-order valence-electron chi connectivity index (χ2n) is 4.43. The summed E-state index contributed by atoms with van der Waals surface area (Å²) in [6.45, 7) is 1.97. The van der Waals surface area contributed by atoms with Crippen molar-refractivity contribution in [3.63, 3.8) is 0 Å². The van der Waals surface area contributed by atoms with Crippen LogP contribution < -0.4 is 14.4 Å². The lowest BCUT2D eigenvalue weighted by Gasteiger charge is -2.23. The molecule has 0 bridgehead atoms. The smallest absolute Gasteiger partial charge is 0.305 e. The number of carbonyl (C=O) groups excluding carboxylic acids is 1. The quantitative estimate of drug-likeness (QED) is 0.760. The number of fused-ring (bicyclic) bond motifs is 1. The summed E-state index contributed by atoms with van der Waals surface area (Å²) >= 11 is 0. The molecule has 0 unspecified atom stereocenters. The van der Waals surface area contributed by atoms with Crippen LogP contribution in [0.15, 0.2) is 18.2 Å². The summed E-state index contributed by atoms with van der Waals surface area (Å²) in [5, 5.41) is 0. The first kappa shape index (κ1) is 13.5. The average Bonchev–Trinajstić information content (AvgIpc) is 2.46. The van der Waals surface area contributed by atoms with Gasteiger partial charge < -0.3 is 19.1 Å². The molecule has 0 amide bonds. The fraction of sp³-hybridized carbons (Fsp3) is 0.500. The number of methoxy groups -OCH3 is 1. The van der Waals surface area contributed by atoms with Gasteiger partial charge in [0.05, 0.1) is 7.11 Å². The van der Waals surface area contributed by atoms with Crippen LogP contribution in [0.5, 0.6) is 11.5 Å². The van der Waals surface area contributed by atoms with E-state index in [2.05, 4.69) is 9.64 Å². The minimum absolute atomic E-state index is 0.171. The molecule has 5 heteroatoms. The molecule has 104 valence electrons. The van der Waals surface area contributed by atoms with Crippen LogP contribution in [0.1, 0.15) is 12.8 Å². The molecular weight excluding hydrogens is 246 g/mol. The van der Waals surface area contributed by atoms with Crippen LogP contribution in [0, 0.1) is 0 Å². The number of hydrogen-bond acceptors (Lipinski definition) is 5. The normalized spacial score (nSPS) is 12.9. The van der Waals surface area contributed by atoms with Gasteiger partial charge in [-0.25, -0.2) is 0 Å². The van der Waals surface area contributed by atoms with Crippen molar-refractivity contribution in [3.8, 4) is 11.5 Å². The number of hydrogen-bond donors (Lipinski definition) is 0. The zero-order valence-electron chi connectivity index (χ0n) is 11.3. The Balaban J connectivity index is 1.91. The first-order valence-corrected chi connectivity index (χ1v) is 6.38. The maximum absolute atomic E-state index is 11.0. The highest BCUT2D eigenvalue weighted by Crippen LogP contribution is 2.33. The molecular formula is C14H19NO4. The third-order valence-corrected chi connectivity index (χ3v) is 3.07. The lowest BCUT2D eigenvalue weighted by Crippen LogP contribution is -2.20. The molecule has 2 rings (SSSR count). The highest BCUT2D eigenvalue weighted by atomic mass is 16.6. The molecule has 1 aliphatic heterocycles. The topological polar surface area (TPSA) is 48.0 Å². The van der Waals surface area contributed by atoms with Gasteiger partial charge in [0, 0.05) is 31.8 Å². The largest absolute Gasteiger partial charge is 0.486 e. The molecule has 0 N–H and O–H groups in total. The molecule has 1 aromatic carbocycles. The van der Waals surface area contributed by atoms with E-state index >= 15 is 0 Å². The lowest BCUT2D eigenvalue weighted by molar-refractivity contribution is -0.140. The van der Waals surface area contributed by atoms with E-state index in [1.54, 1.807) is 0 Å². The summed E-state index contributed by atoms with van der Waals surface area (Å²) in [6.07, 6.45) is 1.20. The van der Waals surface area contributed by atoms with Crippen LogP contribution in [0.25, 0.3) is 0 Å². The summed E-state index contributed by atoms with van der Waals surface area (Å²) in [7, 11) is 3.40. The maximum Gasteiger partial charge on any atom is 0.305 e. The van der Waals surface area contributed by atoms with Gasteiger partial charge in [-0.1, -0.05) is 0 Å². The molecule has 1 heterocycles. The number of esters is 1. The Morgan fingerprint density at radius 3 is 2.79 bits per heavy atom. The van der Waals surface area contributed by atoms with Gasteiger partial charge in [-0.3, -0.25) is 4.79 Å². The van der Waals surface area contributed by atoms with Gasteiger partial charge in [-0.05, 0) is 18.6 Å². The fourth-order valence-corrected chi connectivity index (χ4v) is 1.96. The maximum atomic E-state index is 11.0. The Hall–Kier alpha value is -1.91. The Bertz CT molecular complexity index is 447. The van der Waals surface area contributed by atoms with Crippen molar-refractivity contribution in [2.45, 2.75) is 12.8 Å². The van der Waals surface area contributed by atoms with Gasteiger partial charge in [0.25, 0.3) is 0 Å². The molecule has 0 saturated carbocycles. The van der Waals surface area contributed by atoms with Crippen LogP contribution in [0.4, 0.5) is 5.69 Å². The molecule has 0 radical (unpaired) electrons. The van der Waals surface area contributed by atoms with E-state index in [9.17, 15) is 4.79 Å². The third kappa shape index (κ3) is 3.53. The molecule has 0 atom stereocenters. The van der Waals surface area contributed by atoms with Crippen molar-refractivity contribution in [1.82, 2.24) is 0 Å². The third-order valence-electron chi connectivity index (χ3n) is 3.07. The van der Waals surface area contributed by atoms with Crippen molar-refractivity contribution >= 4 is 11.7 Å². The minimum atomic E-state index is -0.171. The van der Waals surface area contributed by atoms with Crippen LogP contribution in [0.3, 0.4) is 0 Å². The van der Waals surface area contributed by atoms with Crippen LogP contribution >= 0.6 is 0 Å². The zero-order chi connectivity index (χ0) is 13.7. The van der Waals surface area contributed by atoms with Crippen LogP contribution in [-0.2, 0) is 9.53 Å². The van der Waals surface area contributed by atoms with Crippen molar-refractivity contribution in [2.24, 2.45) is 0 Å². The summed E-state index contributed by atoms with van der Waals surface area (Å²) in [4.78, 5) is 13.1. The molecule has 0 fully saturated rings. The van der Waals surface area contributed by atoms with E-state index in [0.717, 1.165) is 30.2 Å². The van der Waals surface area contributed by atoms with Crippen molar-refractivity contribution in [3.05, 3.63) is 18.2 Å². The van der Waals surface area contributed by atoms with Gasteiger partial charge in [0.1, 0.15) is 13.2 Å². The van der Waals surface area contributed by atoms with Gasteiger partial charge in [0.15, 0.2) is 11.5 Å². The zero-order valence-corrected chi connectivity index (χ0v) is 11.3.